The molecule has 0 bridgehead atoms. The Bertz CT molecular complexity index is 479. The summed E-state index contributed by atoms with van der Waals surface area (Å²) in [6, 6.07) is 1.78. The molecule has 0 saturated heterocycles. The van der Waals surface area contributed by atoms with E-state index in [2.05, 4.69) is 10.3 Å². The molecule has 0 atom stereocenters. The Morgan fingerprint density at radius 2 is 2.11 bits per heavy atom. The number of fused-ring (bicyclic) bond motifs is 1. The monoisotopic (exact) mass is 246 g/mol. The molecule has 18 heavy (non-hydrogen) atoms. The summed E-state index contributed by atoms with van der Waals surface area (Å²) < 4.78 is 0. The molecule has 1 fully saturated rings. The van der Waals surface area contributed by atoms with Crippen LogP contribution in [0.1, 0.15) is 59.8 Å². The summed E-state index contributed by atoms with van der Waals surface area (Å²) >= 11 is 0. The molecule has 96 valence electrons. The van der Waals surface area contributed by atoms with Crippen molar-refractivity contribution in [2.45, 2.75) is 44.4 Å². The van der Waals surface area contributed by atoms with Crippen molar-refractivity contribution in [2.24, 2.45) is 0 Å². The SMILES string of the molecule is O=C(O)c1cc2c(nc1C1CCCCC1)CCN2. The summed E-state index contributed by atoms with van der Waals surface area (Å²) in [5.74, 6) is -0.504. The van der Waals surface area contributed by atoms with Crippen molar-refractivity contribution in [3.63, 3.8) is 0 Å². The van der Waals surface area contributed by atoms with Gasteiger partial charge in [0.1, 0.15) is 0 Å². The third-order valence-electron chi connectivity index (χ3n) is 4.03. The maximum atomic E-state index is 11.4. The van der Waals surface area contributed by atoms with Crippen LogP contribution in [0.3, 0.4) is 0 Å². The summed E-state index contributed by atoms with van der Waals surface area (Å²) in [6.45, 7) is 0.871. The number of carboxylic acid groups (broad SMARTS) is 1. The highest BCUT2D eigenvalue weighted by Gasteiger charge is 2.26. The van der Waals surface area contributed by atoms with Gasteiger partial charge in [0.25, 0.3) is 0 Å². The van der Waals surface area contributed by atoms with E-state index < -0.39 is 5.97 Å². The molecule has 0 radical (unpaired) electrons. The van der Waals surface area contributed by atoms with Gasteiger partial charge in [-0.05, 0) is 18.9 Å². The molecule has 0 aromatic carbocycles. The fourth-order valence-electron chi connectivity index (χ4n) is 3.09. The van der Waals surface area contributed by atoms with Crippen LogP contribution in [-0.4, -0.2) is 22.6 Å². The Labute approximate surface area is 106 Å². The molecular weight excluding hydrogens is 228 g/mol. The molecule has 0 amide bonds. The molecule has 1 aromatic rings. The maximum absolute atomic E-state index is 11.4. The predicted molar refractivity (Wildman–Crippen MR) is 69.2 cm³/mol. The molecule has 1 aromatic heterocycles. The van der Waals surface area contributed by atoms with Crippen molar-refractivity contribution in [3.05, 3.63) is 23.0 Å². The van der Waals surface area contributed by atoms with Crippen molar-refractivity contribution < 1.29 is 9.90 Å². The van der Waals surface area contributed by atoms with Crippen molar-refractivity contribution in [1.29, 1.82) is 0 Å². The number of nitrogens with one attached hydrogen (secondary N) is 1. The lowest BCUT2D eigenvalue weighted by atomic mass is 9.84. The first-order valence-corrected chi connectivity index (χ1v) is 6.76. The van der Waals surface area contributed by atoms with E-state index in [1.807, 2.05) is 0 Å². The van der Waals surface area contributed by atoms with E-state index >= 15 is 0 Å². The molecule has 2 heterocycles. The topological polar surface area (TPSA) is 62.2 Å². The normalized spacial score (nSPS) is 19.3. The van der Waals surface area contributed by atoms with Gasteiger partial charge in [0, 0.05) is 18.9 Å². The van der Waals surface area contributed by atoms with Crippen molar-refractivity contribution in [1.82, 2.24) is 4.98 Å². The van der Waals surface area contributed by atoms with Crippen LogP contribution in [0.25, 0.3) is 0 Å². The predicted octanol–water partition coefficient (Wildman–Crippen LogP) is 2.80. The molecule has 0 unspecified atom stereocenters. The third kappa shape index (κ3) is 1.96. The van der Waals surface area contributed by atoms with Crippen molar-refractivity contribution in [3.8, 4) is 0 Å². The lowest BCUT2D eigenvalue weighted by Crippen LogP contribution is -2.13. The molecule has 1 aliphatic carbocycles. The lowest BCUT2D eigenvalue weighted by Gasteiger charge is -2.23. The summed E-state index contributed by atoms with van der Waals surface area (Å²) in [4.78, 5) is 16.1. The first kappa shape index (κ1) is 11.5. The summed E-state index contributed by atoms with van der Waals surface area (Å²) in [7, 11) is 0. The Balaban J connectivity index is 2.02. The van der Waals surface area contributed by atoms with Gasteiger partial charge in [-0.15, -0.1) is 0 Å². The number of nitrogens with zero attached hydrogens (tertiary/aromatic N) is 1. The smallest absolute Gasteiger partial charge is 0.337 e. The molecule has 0 spiro atoms. The second kappa shape index (κ2) is 4.59. The van der Waals surface area contributed by atoms with Crippen LogP contribution in [-0.2, 0) is 6.42 Å². The van der Waals surface area contributed by atoms with Gasteiger partial charge in [-0.25, -0.2) is 4.79 Å². The van der Waals surface area contributed by atoms with Gasteiger partial charge >= 0.3 is 5.97 Å². The van der Waals surface area contributed by atoms with Crippen LogP contribution in [0.15, 0.2) is 6.07 Å². The number of pyridine rings is 1. The molecule has 4 nitrogen and oxygen atoms in total. The largest absolute Gasteiger partial charge is 0.478 e. The molecule has 1 saturated carbocycles. The highest BCUT2D eigenvalue weighted by molar-refractivity contribution is 5.90. The zero-order valence-corrected chi connectivity index (χ0v) is 10.4. The molecule has 2 N–H and O–H groups in total. The summed E-state index contributed by atoms with van der Waals surface area (Å²) in [5, 5.41) is 12.6. The Kier molecular flexibility index (Phi) is 2.94. The average Bonchev–Trinajstić information content (AvgIpc) is 2.85. The number of aromatic nitrogens is 1. The van der Waals surface area contributed by atoms with E-state index in [0.717, 1.165) is 42.9 Å². The van der Waals surface area contributed by atoms with E-state index in [1.165, 1.54) is 19.3 Å². The van der Waals surface area contributed by atoms with E-state index in [4.69, 9.17) is 0 Å². The van der Waals surface area contributed by atoms with Gasteiger partial charge < -0.3 is 10.4 Å². The van der Waals surface area contributed by atoms with Crippen LogP contribution in [0.4, 0.5) is 5.69 Å². The standard InChI is InChI=1S/C14H18N2O2/c17-14(18)10-8-12-11(6-7-15-12)16-13(10)9-4-2-1-3-5-9/h8-9,15H,1-7H2,(H,17,18). The number of hydrogen-bond acceptors (Lipinski definition) is 3. The van der Waals surface area contributed by atoms with E-state index in [9.17, 15) is 9.90 Å². The highest BCUT2D eigenvalue weighted by atomic mass is 16.4. The van der Waals surface area contributed by atoms with Crippen molar-refractivity contribution in [2.75, 3.05) is 11.9 Å². The first-order chi connectivity index (χ1) is 8.75. The van der Waals surface area contributed by atoms with Crippen LogP contribution in [0.5, 0.6) is 0 Å². The molecule has 1 aliphatic heterocycles. The second-order valence-corrected chi connectivity index (χ2v) is 5.23. The van der Waals surface area contributed by atoms with Crippen molar-refractivity contribution >= 4 is 11.7 Å². The lowest BCUT2D eigenvalue weighted by molar-refractivity contribution is 0.0694. The van der Waals surface area contributed by atoms with Crippen LogP contribution < -0.4 is 5.32 Å². The van der Waals surface area contributed by atoms with Gasteiger partial charge in [0.15, 0.2) is 0 Å². The van der Waals surface area contributed by atoms with Crippen LogP contribution in [0.2, 0.25) is 0 Å². The first-order valence-electron chi connectivity index (χ1n) is 6.76. The minimum Gasteiger partial charge on any atom is -0.478 e. The summed E-state index contributed by atoms with van der Waals surface area (Å²) in [6.07, 6.45) is 6.74. The molecule has 4 heteroatoms. The van der Waals surface area contributed by atoms with Crippen LogP contribution in [0, 0.1) is 0 Å². The minimum absolute atomic E-state index is 0.343. The zero-order chi connectivity index (χ0) is 12.5. The average molecular weight is 246 g/mol. The number of hydrogen-bond donors (Lipinski definition) is 2. The van der Waals surface area contributed by atoms with E-state index in [1.54, 1.807) is 6.07 Å². The molecule has 2 aliphatic rings. The maximum Gasteiger partial charge on any atom is 0.337 e. The number of carbonyl (C=O) groups is 1. The number of rotatable bonds is 2. The second-order valence-electron chi connectivity index (χ2n) is 5.23. The third-order valence-corrected chi connectivity index (χ3v) is 4.03. The quantitative estimate of drug-likeness (QED) is 0.842. The number of aromatic carboxylic acids is 1. The van der Waals surface area contributed by atoms with E-state index in [-0.39, 0.29) is 0 Å². The summed E-state index contributed by atoms with van der Waals surface area (Å²) in [5.41, 5.74) is 3.17. The van der Waals surface area contributed by atoms with Gasteiger partial charge in [-0.2, -0.15) is 0 Å². The Morgan fingerprint density at radius 1 is 1.33 bits per heavy atom. The minimum atomic E-state index is -0.848. The van der Waals surface area contributed by atoms with Gasteiger partial charge in [0.05, 0.1) is 22.6 Å². The van der Waals surface area contributed by atoms with Gasteiger partial charge in [0.2, 0.25) is 0 Å². The fourth-order valence-corrected chi connectivity index (χ4v) is 3.09. The number of anilines is 1. The molecule has 3 rings (SSSR count). The zero-order valence-electron chi connectivity index (χ0n) is 10.4. The fraction of sp³-hybridized carbons (Fsp3) is 0.571. The highest BCUT2D eigenvalue weighted by Crippen LogP contribution is 2.35. The molecular formula is C14H18N2O2. The number of carboxylic acids is 1. The van der Waals surface area contributed by atoms with Crippen LogP contribution >= 0.6 is 0 Å². The van der Waals surface area contributed by atoms with Gasteiger partial charge in [-0.3, -0.25) is 4.98 Å². The van der Waals surface area contributed by atoms with Gasteiger partial charge in [-0.1, -0.05) is 19.3 Å². The van der Waals surface area contributed by atoms with E-state index in [0.29, 0.717) is 11.5 Å². The Hall–Kier alpha value is -1.58. The Morgan fingerprint density at radius 3 is 2.83 bits per heavy atom.